The SMILES string of the molecule is O=[P+]1C2CCCCC2SC2CCCCC21O. The molecule has 1 N–H and O–H groups in total. The lowest BCUT2D eigenvalue weighted by molar-refractivity contribution is 0.0869. The number of fused-ring (bicyclic) bond motifs is 2. The Kier molecular flexibility index (Phi) is 3.06. The normalized spacial score (nSPS) is 50.6. The molecule has 1 saturated heterocycles. The topological polar surface area (TPSA) is 37.3 Å². The van der Waals surface area contributed by atoms with Crippen LogP contribution in [0.15, 0.2) is 0 Å². The number of aliphatic hydroxyl groups is 1. The van der Waals surface area contributed by atoms with Crippen molar-refractivity contribution in [2.75, 3.05) is 0 Å². The molecule has 2 saturated carbocycles. The van der Waals surface area contributed by atoms with Gasteiger partial charge in [0.25, 0.3) is 5.34 Å². The van der Waals surface area contributed by atoms with Crippen LogP contribution in [0.25, 0.3) is 0 Å². The second kappa shape index (κ2) is 4.26. The molecule has 3 fully saturated rings. The highest BCUT2D eigenvalue weighted by Gasteiger charge is 2.64. The maximum atomic E-state index is 12.6. The van der Waals surface area contributed by atoms with E-state index in [9.17, 15) is 9.67 Å². The van der Waals surface area contributed by atoms with Crippen LogP contribution in [0.3, 0.4) is 0 Å². The zero-order chi connectivity index (χ0) is 11.2. The van der Waals surface area contributed by atoms with E-state index in [0.717, 1.165) is 25.7 Å². The molecule has 0 aromatic heterocycles. The first-order valence-corrected chi connectivity index (χ1v) is 8.83. The average molecular weight is 259 g/mol. The number of hydrogen-bond donors (Lipinski definition) is 1. The smallest absolute Gasteiger partial charge is 0.348 e. The molecule has 1 heterocycles. The van der Waals surface area contributed by atoms with E-state index in [-0.39, 0.29) is 5.25 Å². The van der Waals surface area contributed by atoms with E-state index in [0.29, 0.717) is 10.9 Å². The highest BCUT2D eigenvalue weighted by molar-refractivity contribution is 8.01. The zero-order valence-electron chi connectivity index (χ0n) is 9.60. The van der Waals surface area contributed by atoms with Gasteiger partial charge in [0, 0.05) is 6.42 Å². The van der Waals surface area contributed by atoms with Crippen LogP contribution in [0.1, 0.15) is 51.4 Å². The Hall–Kier alpha value is 0.410. The second-order valence-electron chi connectivity index (χ2n) is 5.47. The first-order valence-electron chi connectivity index (χ1n) is 6.56. The quantitative estimate of drug-likeness (QED) is 0.676. The summed E-state index contributed by atoms with van der Waals surface area (Å²) in [5.41, 5.74) is 0.313. The van der Waals surface area contributed by atoms with Crippen molar-refractivity contribution >= 4 is 19.6 Å². The standard InChI is InChI=1S/C12H20O2PS/c13-12-8-4-3-7-11(12)16-10-6-2-1-5-9(10)15(12)14/h9-11,13H,1-8H2/q+1. The monoisotopic (exact) mass is 259 g/mol. The molecule has 90 valence electrons. The fourth-order valence-corrected chi connectivity index (χ4v) is 8.49. The molecule has 0 spiro atoms. The van der Waals surface area contributed by atoms with Crippen LogP contribution in [-0.4, -0.2) is 26.6 Å². The fourth-order valence-electron chi connectivity index (χ4n) is 3.54. The molecule has 4 heteroatoms. The highest BCUT2D eigenvalue weighted by Crippen LogP contribution is 2.63. The lowest BCUT2D eigenvalue weighted by Crippen LogP contribution is -2.49. The lowest BCUT2D eigenvalue weighted by atomic mass is 9.96. The number of rotatable bonds is 0. The lowest BCUT2D eigenvalue weighted by Gasteiger charge is -2.41. The van der Waals surface area contributed by atoms with Gasteiger partial charge in [-0.2, -0.15) is 0 Å². The molecule has 0 aromatic carbocycles. The summed E-state index contributed by atoms with van der Waals surface area (Å²) in [5.74, 6) is 0. The molecule has 0 amide bonds. The summed E-state index contributed by atoms with van der Waals surface area (Å²) in [6.07, 6.45) is 8.94. The summed E-state index contributed by atoms with van der Waals surface area (Å²) < 4.78 is 12.6. The third kappa shape index (κ3) is 1.67. The highest BCUT2D eigenvalue weighted by atomic mass is 32.2. The van der Waals surface area contributed by atoms with Crippen LogP contribution in [0.5, 0.6) is 0 Å². The van der Waals surface area contributed by atoms with Gasteiger partial charge in [0.2, 0.25) is 0 Å². The zero-order valence-corrected chi connectivity index (χ0v) is 11.3. The van der Waals surface area contributed by atoms with E-state index in [1.807, 2.05) is 11.8 Å². The molecule has 3 aliphatic rings. The summed E-state index contributed by atoms with van der Waals surface area (Å²) in [5, 5.41) is 10.7. The van der Waals surface area contributed by atoms with E-state index < -0.39 is 13.1 Å². The van der Waals surface area contributed by atoms with Crippen LogP contribution >= 0.6 is 19.6 Å². The number of thioether (sulfide) groups is 1. The van der Waals surface area contributed by atoms with Gasteiger partial charge < -0.3 is 5.11 Å². The maximum absolute atomic E-state index is 12.6. The minimum Gasteiger partial charge on any atom is -0.348 e. The van der Waals surface area contributed by atoms with Crippen LogP contribution in [-0.2, 0) is 4.57 Å². The molecule has 1 aliphatic heterocycles. The molecule has 0 radical (unpaired) electrons. The Morgan fingerprint density at radius 1 is 1.12 bits per heavy atom. The Morgan fingerprint density at radius 2 is 1.88 bits per heavy atom. The van der Waals surface area contributed by atoms with Gasteiger partial charge >= 0.3 is 7.80 Å². The third-order valence-electron chi connectivity index (χ3n) is 4.47. The molecule has 2 nitrogen and oxygen atoms in total. The average Bonchev–Trinajstić information content (AvgIpc) is 2.31. The van der Waals surface area contributed by atoms with Gasteiger partial charge in [0.15, 0.2) is 5.66 Å². The molecule has 0 aromatic rings. The molecule has 16 heavy (non-hydrogen) atoms. The van der Waals surface area contributed by atoms with E-state index in [1.165, 1.54) is 25.7 Å². The number of hydrogen-bond acceptors (Lipinski definition) is 3. The molecule has 3 rings (SSSR count). The summed E-state index contributed by atoms with van der Waals surface area (Å²) in [4.78, 5) is 0. The Morgan fingerprint density at radius 3 is 2.75 bits per heavy atom. The summed E-state index contributed by atoms with van der Waals surface area (Å²) >= 11 is 1.97. The molecule has 2 aliphatic carbocycles. The Balaban J connectivity index is 1.87. The van der Waals surface area contributed by atoms with E-state index >= 15 is 0 Å². The van der Waals surface area contributed by atoms with Gasteiger partial charge in [-0.1, -0.05) is 17.4 Å². The predicted octanol–water partition coefficient (Wildman–Crippen LogP) is 3.50. The van der Waals surface area contributed by atoms with Crippen molar-refractivity contribution in [1.82, 2.24) is 0 Å². The first-order chi connectivity index (χ1) is 7.72. The largest absolute Gasteiger partial charge is 0.378 e. The van der Waals surface area contributed by atoms with Gasteiger partial charge in [-0.25, -0.2) is 0 Å². The van der Waals surface area contributed by atoms with E-state index in [2.05, 4.69) is 0 Å². The van der Waals surface area contributed by atoms with E-state index in [4.69, 9.17) is 0 Å². The van der Waals surface area contributed by atoms with Gasteiger partial charge in [0.05, 0.1) is 10.5 Å². The van der Waals surface area contributed by atoms with E-state index in [1.54, 1.807) is 0 Å². The Labute approximate surface area is 102 Å². The molecular formula is C12H20O2PS+. The predicted molar refractivity (Wildman–Crippen MR) is 68.4 cm³/mol. The van der Waals surface area contributed by atoms with Crippen LogP contribution in [0.2, 0.25) is 0 Å². The molecule has 5 atom stereocenters. The fraction of sp³-hybridized carbons (Fsp3) is 1.00. The molecule has 0 bridgehead atoms. The minimum absolute atomic E-state index is 0.268. The van der Waals surface area contributed by atoms with Crippen molar-refractivity contribution in [3.63, 3.8) is 0 Å². The van der Waals surface area contributed by atoms with Gasteiger partial charge in [-0.3, -0.25) is 0 Å². The van der Waals surface area contributed by atoms with Crippen LogP contribution in [0, 0.1) is 0 Å². The third-order valence-corrected chi connectivity index (χ3v) is 9.23. The molecular weight excluding hydrogens is 239 g/mol. The van der Waals surface area contributed by atoms with Crippen LogP contribution < -0.4 is 0 Å². The first kappa shape index (κ1) is 11.5. The van der Waals surface area contributed by atoms with Crippen molar-refractivity contribution in [1.29, 1.82) is 0 Å². The molecule has 5 unspecified atom stereocenters. The summed E-state index contributed by atoms with van der Waals surface area (Å²) in [6.45, 7) is 0. The van der Waals surface area contributed by atoms with Crippen molar-refractivity contribution in [3.05, 3.63) is 0 Å². The van der Waals surface area contributed by atoms with Gasteiger partial charge in [-0.05, 0) is 32.1 Å². The summed E-state index contributed by atoms with van der Waals surface area (Å²) in [6, 6.07) is 0. The van der Waals surface area contributed by atoms with Gasteiger partial charge in [-0.15, -0.1) is 11.8 Å². The minimum atomic E-state index is -1.40. The maximum Gasteiger partial charge on any atom is 0.378 e. The van der Waals surface area contributed by atoms with Crippen molar-refractivity contribution < 1.29 is 9.67 Å². The van der Waals surface area contributed by atoms with Gasteiger partial charge in [0.1, 0.15) is 0 Å². The second-order valence-corrected chi connectivity index (χ2v) is 9.00. The summed E-state index contributed by atoms with van der Waals surface area (Å²) in [7, 11) is -1.40. The van der Waals surface area contributed by atoms with Crippen molar-refractivity contribution in [2.45, 2.75) is 72.9 Å². The Bertz CT molecular complexity index is 309. The van der Waals surface area contributed by atoms with Crippen molar-refractivity contribution in [2.24, 2.45) is 0 Å². The van der Waals surface area contributed by atoms with Crippen LogP contribution in [0.4, 0.5) is 0 Å². The van der Waals surface area contributed by atoms with Crippen molar-refractivity contribution in [3.8, 4) is 0 Å².